The number of aromatic amines is 1. The third-order valence-corrected chi connectivity index (χ3v) is 5.12. The smallest absolute Gasteiger partial charge is 0.345 e. The number of hydrogen-bond acceptors (Lipinski definition) is 5. The Hall–Kier alpha value is -4.65. The third-order valence-electron chi connectivity index (χ3n) is 5.12. The topological polar surface area (TPSA) is 104 Å². The van der Waals surface area contributed by atoms with Crippen molar-refractivity contribution in [2.24, 2.45) is 0 Å². The van der Waals surface area contributed by atoms with Gasteiger partial charge in [-0.2, -0.15) is 0 Å². The van der Waals surface area contributed by atoms with Gasteiger partial charge in [-0.3, -0.25) is 4.79 Å². The van der Waals surface area contributed by atoms with Gasteiger partial charge in [0.15, 0.2) is 11.3 Å². The standard InChI is InChI=1S/C25H17N3O4/c29-22-20(13-17-14-27-23-19(17)7-4-12-26-23)32-24(21(22)25(30)31)28-18-10-8-16(9-11-18)15-5-2-1-3-6-15/h1-14,28H,(H,26,27)(H,30,31). The molecule has 156 valence electrons. The molecule has 0 spiro atoms. The van der Waals surface area contributed by atoms with Crippen LogP contribution < -0.4 is 5.32 Å². The average molecular weight is 423 g/mol. The molecule has 1 aliphatic heterocycles. The molecule has 0 radical (unpaired) electrons. The summed E-state index contributed by atoms with van der Waals surface area (Å²) in [6.07, 6.45) is 4.86. The second kappa shape index (κ2) is 7.88. The van der Waals surface area contributed by atoms with Crippen molar-refractivity contribution >= 4 is 34.5 Å². The molecular formula is C25H17N3O4. The average Bonchev–Trinajstić information content (AvgIpc) is 3.36. The molecule has 0 saturated heterocycles. The minimum absolute atomic E-state index is 0.0736. The number of aromatic nitrogens is 2. The second-order valence-electron chi connectivity index (χ2n) is 7.16. The Kier molecular flexibility index (Phi) is 4.76. The number of ketones is 1. The molecule has 0 amide bonds. The number of aliphatic carboxylic acids is 1. The van der Waals surface area contributed by atoms with Gasteiger partial charge in [-0.05, 0) is 41.5 Å². The summed E-state index contributed by atoms with van der Waals surface area (Å²) in [5.41, 5.74) is 3.57. The zero-order valence-electron chi connectivity index (χ0n) is 16.7. The van der Waals surface area contributed by atoms with Gasteiger partial charge >= 0.3 is 5.97 Å². The highest BCUT2D eigenvalue weighted by Crippen LogP contribution is 2.30. The Bertz CT molecular complexity index is 1400. The lowest BCUT2D eigenvalue weighted by Crippen LogP contribution is -2.12. The number of carboxylic acids is 1. The first-order chi connectivity index (χ1) is 15.6. The molecule has 7 heteroatoms. The third kappa shape index (κ3) is 3.52. The monoisotopic (exact) mass is 423 g/mol. The molecule has 0 unspecified atom stereocenters. The number of nitrogens with one attached hydrogen (secondary N) is 2. The number of carbonyl (C=O) groups excluding carboxylic acids is 1. The number of nitrogens with zero attached hydrogens (tertiary/aromatic N) is 1. The maximum Gasteiger partial charge on any atom is 0.345 e. The van der Waals surface area contributed by atoms with Crippen LogP contribution >= 0.6 is 0 Å². The van der Waals surface area contributed by atoms with Crippen molar-refractivity contribution < 1.29 is 19.4 Å². The Labute approximate surface area is 182 Å². The van der Waals surface area contributed by atoms with Crippen LogP contribution in [0.2, 0.25) is 0 Å². The van der Waals surface area contributed by atoms with Gasteiger partial charge < -0.3 is 20.1 Å². The molecule has 4 aromatic rings. The molecular weight excluding hydrogens is 406 g/mol. The maximum absolute atomic E-state index is 12.8. The normalized spacial score (nSPS) is 14.8. The summed E-state index contributed by atoms with van der Waals surface area (Å²) in [5, 5.41) is 13.3. The number of allylic oxidation sites excluding steroid dienone is 1. The first-order valence-corrected chi connectivity index (χ1v) is 9.86. The minimum atomic E-state index is -1.36. The minimum Gasteiger partial charge on any atom is -0.477 e. The number of hydrogen-bond donors (Lipinski definition) is 3. The number of benzene rings is 2. The van der Waals surface area contributed by atoms with Crippen molar-refractivity contribution in [2.45, 2.75) is 0 Å². The van der Waals surface area contributed by atoms with E-state index in [-0.39, 0.29) is 11.6 Å². The highest BCUT2D eigenvalue weighted by Gasteiger charge is 2.36. The Balaban J connectivity index is 1.43. The van der Waals surface area contributed by atoms with Gasteiger partial charge in [0.2, 0.25) is 11.7 Å². The van der Waals surface area contributed by atoms with E-state index in [4.69, 9.17) is 4.74 Å². The van der Waals surface area contributed by atoms with Crippen LogP contribution in [0.1, 0.15) is 5.56 Å². The van der Waals surface area contributed by atoms with Crippen molar-refractivity contribution in [2.75, 3.05) is 5.32 Å². The van der Waals surface area contributed by atoms with E-state index in [0.29, 0.717) is 16.9 Å². The fourth-order valence-corrected chi connectivity index (χ4v) is 3.56. The number of carbonyl (C=O) groups is 2. The summed E-state index contributed by atoms with van der Waals surface area (Å²) in [4.78, 5) is 31.7. The van der Waals surface area contributed by atoms with Gasteiger partial charge in [-0.15, -0.1) is 0 Å². The fraction of sp³-hybridized carbons (Fsp3) is 0. The fourth-order valence-electron chi connectivity index (χ4n) is 3.56. The van der Waals surface area contributed by atoms with Crippen molar-refractivity contribution in [3.05, 3.63) is 102 Å². The van der Waals surface area contributed by atoms with Crippen LogP contribution in [-0.2, 0) is 14.3 Å². The van der Waals surface area contributed by atoms with Crippen LogP contribution in [0.3, 0.4) is 0 Å². The number of Topliss-reactive ketones (excluding diaryl/α,β-unsaturated/α-hetero) is 1. The molecule has 3 N–H and O–H groups in total. The number of carboxylic acid groups (broad SMARTS) is 1. The zero-order chi connectivity index (χ0) is 22.1. The maximum atomic E-state index is 12.8. The van der Waals surface area contributed by atoms with Gasteiger partial charge in [0.1, 0.15) is 5.65 Å². The molecule has 0 saturated carbocycles. The molecule has 32 heavy (non-hydrogen) atoms. The molecule has 7 nitrogen and oxygen atoms in total. The van der Waals surface area contributed by atoms with E-state index in [0.717, 1.165) is 16.5 Å². The lowest BCUT2D eigenvalue weighted by molar-refractivity contribution is -0.134. The van der Waals surface area contributed by atoms with Crippen LogP contribution in [0.25, 0.3) is 28.2 Å². The number of pyridine rings is 1. The van der Waals surface area contributed by atoms with Crippen LogP contribution in [0.4, 0.5) is 5.69 Å². The molecule has 3 heterocycles. The summed E-state index contributed by atoms with van der Waals surface area (Å²) in [7, 11) is 0. The van der Waals surface area contributed by atoms with Crippen molar-refractivity contribution in [3.63, 3.8) is 0 Å². The highest BCUT2D eigenvalue weighted by atomic mass is 16.5. The summed E-state index contributed by atoms with van der Waals surface area (Å²) in [6, 6.07) is 20.9. The molecule has 2 aromatic carbocycles. The summed E-state index contributed by atoms with van der Waals surface area (Å²) >= 11 is 0. The Morgan fingerprint density at radius 2 is 1.75 bits per heavy atom. The van der Waals surface area contributed by atoms with Gasteiger partial charge in [-0.1, -0.05) is 42.5 Å². The van der Waals surface area contributed by atoms with Gasteiger partial charge in [0.05, 0.1) is 0 Å². The zero-order valence-corrected chi connectivity index (χ0v) is 16.7. The van der Waals surface area contributed by atoms with E-state index in [1.807, 2.05) is 48.5 Å². The number of ether oxygens (including phenoxy) is 1. The first kappa shape index (κ1) is 19.3. The number of fused-ring (bicyclic) bond motifs is 1. The number of H-pyrrole nitrogens is 1. The Morgan fingerprint density at radius 1 is 1.00 bits per heavy atom. The summed E-state index contributed by atoms with van der Waals surface area (Å²) < 4.78 is 5.65. The Morgan fingerprint density at radius 3 is 2.50 bits per heavy atom. The number of rotatable bonds is 5. The van der Waals surface area contributed by atoms with Gasteiger partial charge in [0.25, 0.3) is 0 Å². The van der Waals surface area contributed by atoms with E-state index in [9.17, 15) is 14.7 Å². The van der Waals surface area contributed by atoms with E-state index < -0.39 is 17.3 Å². The molecule has 5 rings (SSSR count). The van der Waals surface area contributed by atoms with Crippen LogP contribution in [0.5, 0.6) is 0 Å². The second-order valence-corrected chi connectivity index (χ2v) is 7.16. The summed E-state index contributed by atoms with van der Waals surface area (Å²) in [6.45, 7) is 0. The lowest BCUT2D eigenvalue weighted by atomic mass is 10.1. The number of anilines is 1. The SMILES string of the molecule is O=C(O)C1=C(Nc2ccc(-c3ccccc3)cc2)OC(=Cc2c[nH]c3ncccc23)C1=O. The van der Waals surface area contributed by atoms with Crippen LogP contribution in [0.15, 0.2) is 96.3 Å². The predicted octanol–water partition coefficient (Wildman–Crippen LogP) is 4.58. The van der Waals surface area contributed by atoms with Crippen molar-refractivity contribution in [1.29, 1.82) is 0 Å². The largest absolute Gasteiger partial charge is 0.477 e. The van der Waals surface area contributed by atoms with E-state index in [1.54, 1.807) is 30.6 Å². The molecule has 1 aliphatic rings. The molecule has 0 atom stereocenters. The van der Waals surface area contributed by atoms with Gasteiger partial charge in [0, 0.05) is 29.0 Å². The highest BCUT2D eigenvalue weighted by molar-refractivity contribution is 6.26. The van der Waals surface area contributed by atoms with Crippen LogP contribution in [0, 0.1) is 0 Å². The van der Waals surface area contributed by atoms with E-state index >= 15 is 0 Å². The van der Waals surface area contributed by atoms with Crippen molar-refractivity contribution in [3.8, 4) is 11.1 Å². The van der Waals surface area contributed by atoms with E-state index in [2.05, 4.69) is 15.3 Å². The molecule has 2 aromatic heterocycles. The molecule has 0 aliphatic carbocycles. The lowest BCUT2D eigenvalue weighted by Gasteiger charge is -2.09. The molecule has 0 fully saturated rings. The summed E-state index contributed by atoms with van der Waals surface area (Å²) in [5.74, 6) is -2.24. The first-order valence-electron chi connectivity index (χ1n) is 9.86. The van der Waals surface area contributed by atoms with E-state index in [1.165, 1.54) is 6.08 Å². The molecule has 0 bridgehead atoms. The quantitative estimate of drug-likeness (QED) is 0.321. The van der Waals surface area contributed by atoms with Crippen LogP contribution in [-0.4, -0.2) is 26.8 Å². The predicted molar refractivity (Wildman–Crippen MR) is 120 cm³/mol. The van der Waals surface area contributed by atoms with Gasteiger partial charge in [-0.25, -0.2) is 9.78 Å². The van der Waals surface area contributed by atoms with Crippen molar-refractivity contribution in [1.82, 2.24) is 9.97 Å².